The summed E-state index contributed by atoms with van der Waals surface area (Å²) in [7, 11) is 0. The minimum absolute atomic E-state index is 0.117. The van der Waals surface area contributed by atoms with Crippen molar-refractivity contribution < 1.29 is 4.79 Å². The van der Waals surface area contributed by atoms with Crippen LogP contribution in [0.5, 0.6) is 0 Å². The molecule has 0 aliphatic carbocycles. The third-order valence-corrected chi connectivity index (χ3v) is 4.27. The van der Waals surface area contributed by atoms with E-state index in [1.54, 1.807) is 0 Å². The molecule has 0 aliphatic rings. The molecule has 1 amide bonds. The van der Waals surface area contributed by atoms with Crippen molar-refractivity contribution in [2.24, 2.45) is 5.92 Å². The van der Waals surface area contributed by atoms with E-state index in [4.69, 9.17) is 0 Å². The van der Waals surface area contributed by atoms with Gasteiger partial charge in [-0.15, -0.1) is 0 Å². The summed E-state index contributed by atoms with van der Waals surface area (Å²) in [5, 5.41) is 3.04. The molecule has 1 N–H and O–H groups in total. The van der Waals surface area contributed by atoms with Crippen LogP contribution in [0.4, 0.5) is 0 Å². The Labute approximate surface area is 132 Å². The van der Waals surface area contributed by atoms with Gasteiger partial charge in [-0.2, -0.15) is 0 Å². The lowest BCUT2D eigenvalue weighted by Crippen LogP contribution is -2.29. The topological polar surface area (TPSA) is 46.9 Å². The third-order valence-electron chi connectivity index (χ3n) is 4.27. The first-order chi connectivity index (χ1) is 10.5. The zero-order valence-corrected chi connectivity index (χ0v) is 14.3. The van der Waals surface area contributed by atoms with E-state index in [1.165, 1.54) is 0 Å². The highest BCUT2D eigenvalue weighted by atomic mass is 16.1. The smallest absolute Gasteiger partial charge is 0.223 e. The third kappa shape index (κ3) is 3.32. The zero-order valence-electron chi connectivity index (χ0n) is 14.3. The molecule has 2 rings (SSSR count). The molecule has 0 radical (unpaired) electrons. The first kappa shape index (κ1) is 16.5. The number of aromatic nitrogens is 2. The van der Waals surface area contributed by atoms with Gasteiger partial charge in [-0.25, -0.2) is 4.98 Å². The lowest BCUT2D eigenvalue weighted by molar-refractivity contribution is -0.125. The second-order valence-electron chi connectivity index (χ2n) is 6.18. The van der Waals surface area contributed by atoms with Gasteiger partial charge in [-0.1, -0.05) is 19.9 Å². The second-order valence-corrected chi connectivity index (χ2v) is 6.18. The number of imidazole rings is 1. The van der Waals surface area contributed by atoms with E-state index < -0.39 is 0 Å². The predicted octanol–water partition coefficient (Wildman–Crippen LogP) is 3.98. The maximum absolute atomic E-state index is 12.1. The van der Waals surface area contributed by atoms with E-state index in [0.717, 1.165) is 35.3 Å². The molecule has 4 nitrogen and oxygen atoms in total. The van der Waals surface area contributed by atoms with E-state index in [9.17, 15) is 4.79 Å². The number of carbonyl (C=O) groups is 1. The Bertz CT molecular complexity index is 654. The summed E-state index contributed by atoms with van der Waals surface area (Å²) in [6.45, 7) is 11.0. The summed E-state index contributed by atoms with van der Waals surface area (Å²) >= 11 is 0. The number of rotatable bonds is 6. The number of nitrogens with zero attached hydrogens (tertiary/aromatic N) is 2. The molecule has 0 bridgehead atoms. The summed E-state index contributed by atoms with van der Waals surface area (Å²) in [6, 6.07) is 6.66. The number of nitrogens with one attached hydrogen (secondary N) is 1. The molecule has 0 spiro atoms. The van der Waals surface area contributed by atoms with E-state index in [1.807, 2.05) is 6.92 Å². The number of amides is 1. The van der Waals surface area contributed by atoms with Crippen molar-refractivity contribution in [3.8, 4) is 0 Å². The highest BCUT2D eigenvalue weighted by molar-refractivity contribution is 5.79. The van der Waals surface area contributed by atoms with Crippen LogP contribution in [-0.2, 0) is 11.3 Å². The van der Waals surface area contributed by atoms with Crippen molar-refractivity contribution in [2.75, 3.05) is 0 Å². The molecule has 0 unspecified atom stereocenters. The monoisotopic (exact) mass is 301 g/mol. The first-order valence-electron chi connectivity index (χ1n) is 8.23. The fourth-order valence-corrected chi connectivity index (χ4v) is 3.02. The molecule has 0 aliphatic heterocycles. The molecule has 0 saturated heterocycles. The standard InChI is InChI=1S/C18H27N3O/c1-6-15(7-2)18(22)19-11-14-8-9-17-16(10-14)20-13(5)21(17)12(3)4/h8-10,12,15H,6-7,11H2,1-5H3,(H,19,22). The number of hydrogen-bond acceptors (Lipinski definition) is 2. The Morgan fingerprint density at radius 2 is 1.95 bits per heavy atom. The summed E-state index contributed by atoms with van der Waals surface area (Å²) in [4.78, 5) is 16.7. The van der Waals surface area contributed by atoms with E-state index in [2.05, 4.69) is 60.8 Å². The number of fused-ring (bicyclic) bond motifs is 1. The SMILES string of the molecule is CCC(CC)C(=O)NCc1ccc2c(c1)nc(C)n2C(C)C. The molecule has 1 heterocycles. The Morgan fingerprint density at radius 3 is 2.55 bits per heavy atom. The minimum Gasteiger partial charge on any atom is -0.352 e. The van der Waals surface area contributed by atoms with Gasteiger partial charge in [-0.05, 0) is 51.3 Å². The quantitative estimate of drug-likeness (QED) is 0.877. The predicted molar refractivity (Wildman–Crippen MR) is 90.8 cm³/mol. The minimum atomic E-state index is 0.117. The maximum atomic E-state index is 12.1. The van der Waals surface area contributed by atoms with Gasteiger partial charge in [0, 0.05) is 18.5 Å². The van der Waals surface area contributed by atoms with Gasteiger partial charge in [-0.3, -0.25) is 4.79 Å². The molecule has 120 valence electrons. The number of benzene rings is 1. The van der Waals surface area contributed by atoms with Crippen LogP contribution in [0.1, 0.15) is 58.0 Å². The van der Waals surface area contributed by atoms with Gasteiger partial charge >= 0.3 is 0 Å². The van der Waals surface area contributed by atoms with E-state index in [-0.39, 0.29) is 11.8 Å². The normalized spacial score (nSPS) is 11.6. The Morgan fingerprint density at radius 1 is 1.27 bits per heavy atom. The molecule has 4 heteroatoms. The van der Waals surface area contributed by atoms with Crippen molar-refractivity contribution in [2.45, 2.75) is 60.0 Å². The number of carbonyl (C=O) groups excluding carboxylic acids is 1. The van der Waals surface area contributed by atoms with Crippen LogP contribution in [0.3, 0.4) is 0 Å². The van der Waals surface area contributed by atoms with Gasteiger partial charge in [0.15, 0.2) is 0 Å². The zero-order chi connectivity index (χ0) is 16.3. The highest BCUT2D eigenvalue weighted by Crippen LogP contribution is 2.21. The first-order valence-corrected chi connectivity index (χ1v) is 8.23. The van der Waals surface area contributed by atoms with Crippen LogP contribution >= 0.6 is 0 Å². The number of hydrogen-bond donors (Lipinski definition) is 1. The largest absolute Gasteiger partial charge is 0.352 e. The van der Waals surface area contributed by atoms with Crippen molar-refractivity contribution in [3.05, 3.63) is 29.6 Å². The van der Waals surface area contributed by atoms with Crippen molar-refractivity contribution in [3.63, 3.8) is 0 Å². The molecular weight excluding hydrogens is 274 g/mol. The second kappa shape index (κ2) is 6.95. The van der Waals surface area contributed by atoms with Gasteiger partial charge in [0.2, 0.25) is 5.91 Å². The van der Waals surface area contributed by atoms with Gasteiger partial charge in [0.1, 0.15) is 5.82 Å². The van der Waals surface area contributed by atoms with Gasteiger partial charge in [0.25, 0.3) is 0 Å². The molecule has 0 atom stereocenters. The lowest BCUT2D eigenvalue weighted by atomic mass is 10.0. The Kier molecular flexibility index (Phi) is 5.22. The van der Waals surface area contributed by atoms with Gasteiger partial charge < -0.3 is 9.88 Å². The molecule has 2 aromatic rings. The van der Waals surface area contributed by atoms with Crippen molar-refractivity contribution in [1.29, 1.82) is 0 Å². The molecule has 22 heavy (non-hydrogen) atoms. The van der Waals surface area contributed by atoms with Crippen LogP contribution < -0.4 is 5.32 Å². The average Bonchev–Trinajstić information content (AvgIpc) is 2.81. The number of aryl methyl sites for hydroxylation is 1. The summed E-state index contributed by atoms with van der Waals surface area (Å²) in [5.41, 5.74) is 3.25. The fraction of sp³-hybridized carbons (Fsp3) is 0.556. The Hall–Kier alpha value is -1.84. The van der Waals surface area contributed by atoms with E-state index >= 15 is 0 Å². The van der Waals surface area contributed by atoms with Crippen LogP contribution in [0.25, 0.3) is 11.0 Å². The lowest BCUT2D eigenvalue weighted by Gasteiger charge is -2.13. The van der Waals surface area contributed by atoms with Gasteiger partial charge in [0.05, 0.1) is 11.0 Å². The molecule has 0 saturated carbocycles. The summed E-state index contributed by atoms with van der Waals surface area (Å²) in [5.74, 6) is 1.29. The van der Waals surface area contributed by atoms with Crippen LogP contribution in [-0.4, -0.2) is 15.5 Å². The Balaban J connectivity index is 2.15. The van der Waals surface area contributed by atoms with Crippen LogP contribution in [0.2, 0.25) is 0 Å². The molecule has 0 fully saturated rings. The summed E-state index contributed by atoms with van der Waals surface area (Å²) in [6.07, 6.45) is 1.78. The highest BCUT2D eigenvalue weighted by Gasteiger charge is 2.14. The van der Waals surface area contributed by atoms with Crippen LogP contribution in [0.15, 0.2) is 18.2 Å². The molecular formula is C18H27N3O. The molecule has 1 aromatic carbocycles. The summed E-state index contributed by atoms with van der Waals surface area (Å²) < 4.78 is 2.24. The maximum Gasteiger partial charge on any atom is 0.223 e. The van der Waals surface area contributed by atoms with E-state index in [0.29, 0.717) is 12.6 Å². The fourth-order valence-electron chi connectivity index (χ4n) is 3.02. The molecule has 1 aromatic heterocycles. The average molecular weight is 301 g/mol. The van der Waals surface area contributed by atoms with Crippen molar-refractivity contribution in [1.82, 2.24) is 14.9 Å². The van der Waals surface area contributed by atoms with Crippen LogP contribution in [0, 0.1) is 12.8 Å². The van der Waals surface area contributed by atoms with Crippen molar-refractivity contribution >= 4 is 16.9 Å².